The summed E-state index contributed by atoms with van der Waals surface area (Å²) in [5, 5.41) is 12.3. The van der Waals surface area contributed by atoms with Gasteiger partial charge in [0.1, 0.15) is 6.10 Å². The Balaban J connectivity index is 1.63. The Morgan fingerprint density at radius 3 is 2.92 bits per heavy atom. The van der Waals surface area contributed by atoms with E-state index in [-0.39, 0.29) is 18.1 Å². The number of hydrogen-bond donors (Lipinski definition) is 1. The van der Waals surface area contributed by atoms with E-state index in [9.17, 15) is 4.79 Å². The van der Waals surface area contributed by atoms with Gasteiger partial charge >= 0.3 is 0 Å². The fourth-order valence-corrected chi connectivity index (χ4v) is 3.37. The maximum Gasteiger partial charge on any atom is 0.252 e. The molecule has 1 amide bonds. The standard InChI is InChI=1S/C17H20N6O2/c1-10-8-11(12-9-19-23(3)16(12)20-10)17(24)21-13-5-7-25-15(13)14-4-6-18-22(14)2/h4,6,8-9,13,15H,5,7H2,1-3H3,(H,21,24)/t13-,15-/m0/s1. The van der Waals surface area contributed by atoms with Crippen molar-refractivity contribution < 1.29 is 9.53 Å². The molecule has 0 saturated carbocycles. The molecular weight excluding hydrogens is 320 g/mol. The number of aryl methyl sites for hydroxylation is 3. The van der Waals surface area contributed by atoms with Crippen LogP contribution in [0, 0.1) is 6.92 Å². The number of hydrogen-bond acceptors (Lipinski definition) is 5. The monoisotopic (exact) mass is 340 g/mol. The molecule has 4 heterocycles. The van der Waals surface area contributed by atoms with Crippen molar-refractivity contribution in [2.24, 2.45) is 14.1 Å². The van der Waals surface area contributed by atoms with Crippen molar-refractivity contribution in [3.8, 4) is 0 Å². The Labute approximate surface area is 144 Å². The van der Waals surface area contributed by atoms with Crippen LogP contribution in [0.5, 0.6) is 0 Å². The van der Waals surface area contributed by atoms with Crippen molar-refractivity contribution in [3.05, 3.63) is 41.5 Å². The van der Waals surface area contributed by atoms with Gasteiger partial charge < -0.3 is 10.1 Å². The van der Waals surface area contributed by atoms with Crippen LogP contribution in [0.2, 0.25) is 0 Å². The first-order valence-electron chi connectivity index (χ1n) is 8.24. The summed E-state index contributed by atoms with van der Waals surface area (Å²) in [6.07, 6.45) is 3.99. The highest BCUT2D eigenvalue weighted by Gasteiger charge is 2.33. The number of carbonyl (C=O) groups excluding carboxylic acids is 1. The molecule has 1 N–H and O–H groups in total. The van der Waals surface area contributed by atoms with E-state index in [0.29, 0.717) is 17.8 Å². The number of nitrogens with zero attached hydrogens (tertiary/aromatic N) is 5. The zero-order chi connectivity index (χ0) is 17.6. The van der Waals surface area contributed by atoms with Gasteiger partial charge in [0.05, 0.1) is 28.9 Å². The first-order valence-corrected chi connectivity index (χ1v) is 8.24. The predicted octanol–water partition coefficient (Wildman–Crippen LogP) is 1.27. The van der Waals surface area contributed by atoms with Gasteiger partial charge in [0.15, 0.2) is 5.65 Å². The molecule has 8 nitrogen and oxygen atoms in total. The summed E-state index contributed by atoms with van der Waals surface area (Å²) in [5.74, 6) is -0.133. The zero-order valence-electron chi connectivity index (χ0n) is 14.4. The number of pyridine rings is 1. The molecule has 1 aliphatic heterocycles. The Morgan fingerprint density at radius 2 is 2.16 bits per heavy atom. The van der Waals surface area contributed by atoms with E-state index in [1.807, 2.05) is 27.1 Å². The van der Waals surface area contributed by atoms with E-state index in [1.165, 1.54) is 0 Å². The SMILES string of the molecule is Cc1cc(C(=O)N[C@H]2CCO[C@@H]2c2ccnn2C)c2cnn(C)c2n1. The van der Waals surface area contributed by atoms with Gasteiger partial charge in [0.25, 0.3) is 5.91 Å². The minimum atomic E-state index is -0.191. The van der Waals surface area contributed by atoms with E-state index in [0.717, 1.165) is 23.2 Å². The molecule has 0 radical (unpaired) electrons. The zero-order valence-corrected chi connectivity index (χ0v) is 14.4. The van der Waals surface area contributed by atoms with Crippen LogP contribution in [0.3, 0.4) is 0 Å². The van der Waals surface area contributed by atoms with Crippen LogP contribution in [0.15, 0.2) is 24.5 Å². The first-order chi connectivity index (χ1) is 12.0. The number of rotatable bonds is 3. The molecule has 130 valence electrons. The lowest BCUT2D eigenvalue weighted by Crippen LogP contribution is -2.37. The maximum atomic E-state index is 12.9. The molecule has 0 unspecified atom stereocenters. The van der Waals surface area contributed by atoms with Crippen LogP contribution in [-0.4, -0.2) is 43.1 Å². The fourth-order valence-electron chi connectivity index (χ4n) is 3.37. The second-order valence-corrected chi connectivity index (χ2v) is 6.36. The number of aromatic nitrogens is 5. The van der Waals surface area contributed by atoms with Gasteiger partial charge in [0, 0.05) is 32.6 Å². The fraction of sp³-hybridized carbons (Fsp3) is 0.412. The topological polar surface area (TPSA) is 86.9 Å². The van der Waals surface area contributed by atoms with Gasteiger partial charge in [0.2, 0.25) is 0 Å². The molecule has 0 bridgehead atoms. The molecule has 3 aromatic rings. The van der Waals surface area contributed by atoms with E-state index in [4.69, 9.17) is 4.74 Å². The molecule has 3 aromatic heterocycles. The summed E-state index contributed by atoms with van der Waals surface area (Å²) in [6, 6.07) is 3.63. The highest BCUT2D eigenvalue weighted by atomic mass is 16.5. The molecule has 1 fully saturated rings. The smallest absolute Gasteiger partial charge is 0.252 e. The lowest BCUT2D eigenvalue weighted by molar-refractivity contribution is 0.0793. The van der Waals surface area contributed by atoms with Crippen molar-refractivity contribution in [3.63, 3.8) is 0 Å². The van der Waals surface area contributed by atoms with Gasteiger partial charge in [-0.3, -0.25) is 14.2 Å². The van der Waals surface area contributed by atoms with Crippen molar-refractivity contribution in [1.29, 1.82) is 0 Å². The maximum absolute atomic E-state index is 12.9. The number of amides is 1. The van der Waals surface area contributed by atoms with Crippen LogP contribution in [0.1, 0.15) is 34.3 Å². The summed E-state index contributed by atoms with van der Waals surface area (Å²) in [4.78, 5) is 17.4. The summed E-state index contributed by atoms with van der Waals surface area (Å²) < 4.78 is 9.30. The summed E-state index contributed by atoms with van der Waals surface area (Å²) in [5.41, 5.74) is 3.04. The van der Waals surface area contributed by atoms with Crippen molar-refractivity contribution in [2.45, 2.75) is 25.5 Å². The Kier molecular flexibility index (Phi) is 3.76. The van der Waals surface area contributed by atoms with Crippen molar-refractivity contribution >= 4 is 16.9 Å². The third-order valence-corrected chi connectivity index (χ3v) is 4.64. The predicted molar refractivity (Wildman–Crippen MR) is 91.0 cm³/mol. The molecule has 4 rings (SSSR count). The van der Waals surface area contributed by atoms with Crippen LogP contribution in [0.25, 0.3) is 11.0 Å². The minimum Gasteiger partial charge on any atom is -0.370 e. The van der Waals surface area contributed by atoms with Gasteiger partial charge in [-0.2, -0.15) is 10.2 Å². The van der Waals surface area contributed by atoms with Gasteiger partial charge in [-0.1, -0.05) is 0 Å². The Bertz CT molecular complexity index is 944. The van der Waals surface area contributed by atoms with Crippen LogP contribution in [0.4, 0.5) is 0 Å². The van der Waals surface area contributed by atoms with E-state index in [2.05, 4.69) is 20.5 Å². The number of fused-ring (bicyclic) bond motifs is 1. The van der Waals surface area contributed by atoms with E-state index < -0.39 is 0 Å². The van der Waals surface area contributed by atoms with Gasteiger partial charge in [-0.25, -0.2) is 4.98 Å². The number of carbonyl (C=O) groups is 1. The highest BCUT2D eigenvalue weighted by molar-refractivity contribution is 6.05. The third kappa shape index (κ3) is 2.68. The second-order valence-electron chi connectivity index (χ2n) is 6.36. The van der Waals surface area contributed by atoms with Crippen molar-refractivity contribution in [2.75, 3.05) is 6.61 Å². The molecule has 0 aromatic carbocycles. The average Bonchev–Trinajstić information content (AvgIpc) is 3.28. The van der Waals surface area contributed by atoms with E-state index in [1.54, 1.807) is 27.8 Å². The summed E-state index contributed by atoms with van der Waals surface area (Å²) in [6.45, 7) is 2.48. The molecule has 25 heavy (non-hydrogen) atoms. The molecule has 2 atom stereocenters. The average molecular weight is 340 g/mol. The Morgan fingerprint density at radius 1 is 1.32 bits per heavy atom. The Hall–Kier alpha value is -2.74. The lowest BCUT2D eigenvalue weighted by Gasteiger charge is -2.20. The van der Waals surface area contributed by atoms with Crippen LogP contribution >= 0.6 is 0 Å². The molecule has 1 saturated heterocycles. The van der Waals surface area contributed by atoms with Crippen molar-refractivity contribution in [1.82, 2.24) is 29.9 Å². The highest BCUT2D eigenvalue weighted by Crippen LogP contribution is 2.29. The van der Waals surface area contributed by atoms with Gasteiger partial charge in [-0.05, 0) is 25.5 Å². The molecule has 0 spiro atoms. The lowest BCUT2D eigenvalue weighted by atomic mass is 10.1. The molecule has 0 aliphatic carbocycles. The molecule has 8 heteroatoms. The summed E-state index contributed by atoms with van der Waals surface area (Å²) >= 11 is 0. The quantitative estimate of drug-likeness (QED) is 0.776. The normalized spacial score (nSPS) is 20.3. The largest absolute Gasteiger partial charge is 0.370 e. The molecule has 1 aliphatic rings. The first kappa shape index (κ1) is 15.8. The minimum absolute atomic E-state index is 0.0944. The molecular formula is C17H20N6O2. The summed E-state index contributed by atoms with van der Waals surface area (Å²) in [7, 11) is 3.70. The number of nitrogens with one attached hydrogen (secondary N) is 1. The van der Waals surface area contributed by atoms with E-state index >= 15 is 0 Å². The van der Waals surface area contributed by atoms with Crippen LogP contribution < -0.4 is 5.32 Å². The second kappa shape index (κ2) is 5.96. The third-order valence-electron chi connectivity index (χ3n) is 4.64. The van der Waals surface area contributed by atoms with Gasteiger partial charge in [-0.15, -0.1) is 0 Å². The van der Waals surface area contributed by atoms with Crippen LogP contribution in [-0.2, 0) is 18.8 Å². The number of ether oxygens (including phenoxy) is 1.